The van der Waals surface area contributed by atoms with Crippen LogP contribution in [0.5, 0.6) is 0 Å². The van der Waals surface area contributed by atoms with E-state index in [0.717, 1.165) is 0 Å². The fourth-order valence-corrected chi connectivity index (χ4v) is 2.02. The first-order valence-corrected chi connectivity index (χ1v) is 5.05. The zero-order chi connectivity index (χ0) is 12.3. The molecule has 0 aromatic rings. The van der Waals surface area contributed by atoms with Gasteiger partial charge in [0.2, 0.25) is 0 Å². The molecule has 94 valence electrons. The van der Waals surface area contributed by atoms with Gasteiger partial charge in [0.05, 0.1) is 0 Å². The minimum absolute atomic E-state index is 0.186. The van der Waals surface area contributed by atoms with Crippen LogP contribution in [-0.2, 0) is 0 Å². The average molecular weight is 241 g/mol. The Morgan fingerprint density at radius 1 is 1.25 bits per heavy atom. The van der Waals surface area contributed by atoms with Crippen LogP contribution < -0.4 is 5.32 Å². The smallest absolute Gasteiger partial charge is 0.414 e. The van der Waals surface area contributed by atoms with Crippen LogP contribution in [0, 0.1) is 5.92 Å². The van der Waals surface area contributed by atoms with Crippen molar-refractivity contribution in [2.75, 3.05) is 0 Å². The van der Waals surface area contributed by atoms with Crippen molar-refractivity contribution in [3.05, 3.63) is 0 Å². The molecule has 0 heterocycles. The van der Waals surface area contributed by atoms with E-state index in [-0.39, 0.29) is 18.9 Å². The minimum atomic E-state index is -4.59. The van der Waals surface area contributed by atoms with Crippen LogP contribution in [0.3, 0.4) is 0 Å². The molecule has 1 aliphatic rings. The number of rotatable bonds is 2. The second-order valence-corrected chi connectivity index (χ2v) is 4.05. The molecular weight excluding hydrogens is 227 g/mol. The van der Waals surface area contributed by atoms with Gasteiger partial charge < -0.3 is 15.5 Å². The first-order chi connectivity index (χ1) is 7.30. The Morgan fingerprint density at radius 3 is 2.12 bits per heavy atom. The molecule has 0 unspecified atom stereocenters. The first kappa shape index (κ1) is 13.1. The number of carbonyl (C=O) groups is 1. The van der Waals surface area contributed by atoms with Gasteiger partial charge in [-0.3, -0.25) is 0 Å². The Balaban J connectivity index is 2.40. The van der Waals surface area contributed by atoms with E-state index in [1.165, 1.54) is 0 Å². The van der Waals surface area contributed by atoms with Crippen molar-refractivity contribution >= 4 is 6.09 Å². The normalized spacial score (nSPS) is 28.5. The van der Waals surface area contributed by atoms with E-state index in [9.17, 15) is 18.0 Å². The lowest BCUT2D eigenvalue weighted by Crippen LogP contribution is -2.42. The van der Waals surface area contributed by atoms with Gasteiger partial charge in [0.15, 0.2) is 6.10 Å². The number of aliphatic hydroxyl groups is 1. The molecule has 1 atom stereocenters. The summed E-state index contributed by atoms with van der Waals surface area (Å²) in [6.45, 7) is 0. The summed E-state index contributed by atoms with van der Waals surface area (Å²) in [5.41, 5.74) is 0. The Morgan fingerprint density at radius 2 is 1.75 bits per heavy atom. The van der Waals surface area contributed by atoms with Crippen molar-refractivity contribution in [3.63, 3.8) is 0 Å². The Hall–Kier alpha value is -0.980. The second-order valence-electron chi connectivity index (χ2n) is 4.05. The number of halogens is 3. The van der Waals surface area contributed by atoms with E-state index >= 15 is 0 Å². The van der Waals surface area contributed by atoms with Gasteiger partial charge in [0.25, 0.3) is 0 Å². The number of aliphatic hydroxyl groups excluding tert-OH is 1. The van der Waals surface area contributed by atoms with E-state index in [4.69, 9.17) is 10.2 Å². The highest BCUT2D eigenvalue weighted by Crippen LogP contribution is 2.34. The van der Waals surface area contributed by atoms with Crippen LogP contribution in [0.25, 0.3) is 0 Å². The topological polar surface area (TPSA) is 69.6 Å². The van der Waals surface area contributed by atoms with Gasteiger partial charge in [-0.05, 0) is 31.6 Å². The van der Waals surface area contributed by atoms with Gasteiger partial charge in [0, 0.05) is 6.04 Å². The molecule has 0 radical (unpaired) electrons. The fraction of sp³-hybridized carbons (Fsp3) is 0.889. The van der Waals surface area contributed by atoms with Gasteiger partial charge in [-0.15, -0.1) is 0 Å². The molecule has 1 saturated carbocycles. The van der Waals surface area contributed by atoms with E-state index in [1.54, 1.807) is 0 Å². The van der Waals surface area contributed by atoms with Crippen LogP contribution in [-0.4, -0.2) is 34.6 Å². The maximum absolute atomic E-state index is 12.2. The summed E-state index contributed by atoms with van der Waals surface area (Å²) in [4.78, 5) is 10.3. The van der Waals surface area contributed by atoms with Crippen LogP contribution in [0.4, 0.5) is 18.0 Å². The van der Waals surface area contributed by atoms with Crippen molar-refractivity contribution < 1.29 is 28.2 Å². The van der Waals surface area contributed by atoms with Crippen LogP contribution in [0.15, 0.2) is 0 Å². The number of nitrogens with one attached hydrogen (secondary N) is 1. The van der Waals surface area contributed by atoms with E-state index < -0.39 is 24.3 Å². The molecule has 4 nitrogen and oxygen atoms in total. The summed E-state index contributed by atoms with van der Waals surface area (Å²) in [6, 6.07) is -0.297. The Kier molecular flexibility index (Phi) is 4.01. The quantitative estimate of drug-likeness (QED) is 0.689. The van der Waals surface area contributed by atoms with Crippen LogP contribution >= 0.6 is 0 Å². The van der Waals surface area contributed by atoms with Gasteiger partial charge in [0.1, 0.15) is 0 Å². The number of alkyl halides is 3. The summed E-state index contributed by atoms with van der Waals surface area (Å²) >= 11 is 0. The molecule has 1 rings (SSSR count). The largest absolute Gasteiger partial charge is 0.465 e. The molecule has 7 heteroatoms. The van der Waals surface area contributed by atoms with Crippen molar-refractivity contribution in [1.82, 2.24) is 5.32 Å². The van der Waals surface area contributed by atoms with E-state index in [2.05, 4.69) is 5.32 Å². The molecule has 1 amide bonds. The molecule has 3 N–H and O–H groups in total. The summed E-state index contributed by atoms with van der Waals surface area (Å²) < 4.78 is 36.5. The minimum Gasteiger partial charge on any atom is -0.465 e. The van der Waals surface area contributed by atoms with Crippen molar-refractivity contribution in [2.45, 2.75) is 44.0 Å². The number of hydrogen-bond donors (Lipinski definition) is 3. The highest BCUT2D eigenvalue weighted by molar-refractivity contribution is 5.64. The first-order valence-electron chi connectivity index (χ1n) is 5.05. The third kappa shape index (κ3) is 3.55. The average Bonchev–Trinajstić information content (AvgIpc) is 2.15. The summed E-state index contributed by atoms with van der Waals surface area (Å²) in [5.74, 6) is -0.813. The second kappa shape index (κ2) is 4.90. The number of hydrogen-bond acceptors (Lipinski definition) is 2. The maximum atomic E-state index is 12.2. The van der Waals surface area contributed by atoms with Crippen LogP contribution in [0.2, 0.25) is 0 Å². The lowest BCUT2D eigenvalue weighted by atomic mass is 9.82. The monoisotopic (exact) mass is 241 g/mol. The lowest BCUT2D eigenvalue weighted by molar-refractivity contribution is -0.222. The molecule has 0 aromatic heterocycles. The van der Waals surface area contributed by atoms with Gasteiger partial charge in [-0.2, -0.15) is 13.2 Å². The number of carboxylic acid groups (broad SMARTS) is 1. The van der Waals surface area contributed by atoms with Crippen molar-refractivity contribution in [3.8, 4) is 0 Å². The standard InChI is InChI=1S/C9H14F3NO3/c10-9(11,12)7(14)5-1-3-6(4-2-5)13-8(15)16/h5-7,13-14H,1-4H2,(H,15,16)/t5?,6?,7-/m0/s1. The molecule has 0 aliphatic heterocycles. The van der Waals surface area contributed by atoms with Crippen molar-refractivity contribution in [2.24, 2.45) is 5.92 Å². The third-order valence-corrected chi connectivity index (χ3v) is 2.88. The zero-order valence-corrected chi connectivity index (χ0v) is 8.50. The van der Waals surface area contributed by atoms with Gasteiger partial charge >= 0.3 is 12.3 Å². The van der Waals surface area contributed by atoms with E-state index in [1.807, 2.05) is 0 Å². The molecular formula is C9H14F3NO3. The van der Waals surface area contributed by atoms with Gasteiger partial charge in [-0.25, -0.2) is 4.79 Å². The predicted octanol–water partition coefficient (Wildman–Crippen LogP) is 1.74. The SMILES string of the molecule is O=C(O)NC1CCC([C@H](O)C(F)(F)F)CC1. The Labute approximate surface area is 90.4 Å². The maximum Gasteiger partial charge on any atom is 0.414 e. The summed E-state index contributed by atoms with van der Waals surface area (Å²) in [7, 11) is 0. The molecule has 1 aliphatic carbocycles. The molecule has 0 spiro atoms. The molecule has 0 aromatic carbocycles. The van der Waals surface area contributed by atoms with E-state index in [0.29, 0.717) is 12.8 Å². The number of amides is 1. The third-order valence-electron chi connectivity index (χ3n) is 2.88. The van der Waals surface area contributed by atoms with Gasteiger partial charge in [-0.1, -0.05) is 0 Å². The highest BCUT2D eigenvalue weighted by Gasteiger charge is 2.44. The lowest BCUT2D eigenvalue weighted by Gasteiger charge is -2.32. The Bertz CT molecular complexity index is 249. The molecule has 0 saturated heterocycles. The van der Waals surface area contributed by atoms with Crippen LogP contribution in [0.1, 0.15) is 25.7 Å². The predicted molar refractivity (Wildman–Crippen MR) is 49.0 cm³/mol. The summed E-state index contributed by atoms with van der Waals surface area (Å²) in [6.07, 6.45) is -7.00. The fourth-order valence-electron chi connectivity index (χ4n) is 2.02. The summed E-state index contributed by atoms with van der Waals surface area (Å²) in [5, 5.41) is 19.7. The molecule has 1 fully saturated rings. The molecule has 0 bridgehead atoms. The van der Waals surface area contributed by atoms with Crippen molar-refractivity contribution in [1.29, 1.82) is 0 Å². The highest BCUT2D eigenvalue weighted by atomic mass is 19.4. The molecule has 16 heavy (non-hydrogen) atoms. The zero-order valence-electron chi connectivity index (χ0n) is 8.50.